The van der Waals surface area contributed by atoms with Crippen molar-refractivity contribution in [2.75, 3.05) is 13.2 Å². The molecule has 6 heteroatoms. The molecule has 6 nitrogen and oxygen atoms in total. The monoisotopic (exact) mass is 723 g/mol. The van der Waals surface area contributed by atoms with Gasteiger partial charge in [-0.1, -0.05) is 196 Å². The summed E-state index contributed by atoms with van der Waals surface area (Å²) in [6, 6.07) is 0. The van der Waals surface area contributed by atoms with Crippen LogP contribution < -0.4 is 0 Å². The van der Waals surface area contributed by atoms with Crippen LogP contribution >= 0.6 is 0 Å². The zero-order valence-electron chi connectivity index (χ0n) is 34.9. The lowest BCUT2D eigenvalue weighted by Gasteiger charge is -2.18. The van der Waals surface area contributed by atoms with Gasteiger partial charge in [0.1, 0.15) is 13.2 Å². The van der Waals surface area contributed by atoms with Crippen LogP contribution in [0.5, 0.6) is 0 Å². The molecule has 302 valence electrons. The van der Waals surface area contributed by atoms with Crippen molar-refractivity contribution in [1.29, 1.82) is 0 Å². The van der Waals surface area contributed by atoms with Gasteiger partial charge in [-0.15, -0.1) is 0 Å². The molecule has 0 bridgehead atoms. The normalized spacial score (nSPS) is 12.2. The Morgan fingerprint density at radius 2 is 0.569 bits per heavy atom. The largest absolute Gasteiger partial charge is 0.462 e. The zero-order valence-corrected chi connectivity index (χ0v) is 34.9. The van der Waals surface area contributed by atoms with E-state index >= 15 is 0 Å². The summed E-state index contributed by atoms with van der Waals surface area (Å²) in [5, 5.41) is 0. The van der Waals surface area contributed by atoms with Gasteiger partial charge in [0.2, 0.25) is 0 Å². The van der Waals surface area contributed by atoms with Gasteiger partial charge in [-0.2, -0.15) is 0 Å². The van der Waals surface area contributed by atoms with Crippen molar-refractivity contribution in [3.8, 4) is 0 Å². The summed E-state index contributed by atoms with van der Waals surface area (Å²) < 4.78 is 16.7. The van der Waals surface area contributed by atoms with Crippen LogP contribution in [0.2, 0.25) is 0 Å². The Bertz CT molecular complexity index is 792. The SMILES string of the molecule is CC(C)CCCCCCCCCCCCC(=O)OC[C@@H](COC(=O)CCCCCCCCCC(C)C)OC(=O)CCCCCCCCCC(C)C. The molecule has 0 spiro atoms. The van der Waals surface area contributed by atoms with E-state index in [2.05, 4.69) is 41.5 Å². The Kier molecular flexibility index (Phi) is 35.6. The summed E-state index contributed by atoms with van der Waals surface area (Å²) in [6.45, 7) is 13.6. The van der Waals surface area contributed by atoms with E-state index in [-0.39, 0.29) is 31.1 Å². The molecule has 51 heavy (non-hydrogen) atoms. The van der Waals surface area contributed by atoms with Crippen LogP contribution in [0.3, 0.4) is 0 Å². The van der Waals surface area contributed by atoms with Crippen LogP contribution in [0.25, 0.3) is 0 Å². The smallest absolute Gasteiger partial charge is 0.306 e. The standard InChI is InChI=1S/C45H86O6/c1-39(2)31-25-19-13-9-7-8-10-16-22-28-34-43(46)49-37-42(51-45(48)36-30-24-18-12-15-21-27-33-41(5)6)38-50-44(47)35-29-23-17-11-14-20-26-32-40(3)4/h39-42H,7-38H2,1-6H3/t42-/m0/s1. The molecule has 1 atom stereocenters. The number of hydrogen-bond acceptors (Lipinski definition) is 6. The van der Waals surface area contributed by atoms with E-state index in [1.807, 2.05) is 0 Å². The van der Waals surface area contributed by atoms with Crippen molar-refractivity contribution in [3.05, 3.63) is 0 Å². The van der Waals surface area contributed by atoms with Gasteiger partial charge in [0.15, 0.2) is 6.10 Å². The van der Waals surface area contributed by atoms with Crippen molar-refractivity contribution in [2.45, 2.75) is 240 Å². The molecule has 0 aromatic carbocycles. The van der Waals surface area contributed by atoms with Crippen molar-refractivity contribution in [3.63, 3.8) is 0 Å². The number of hydrogen-bond donors (Lipinski definition) is 0. The summed E-state index contributed by atoms with van der Waals surface area (Å²) in [6.07, 6.45) is 32.5. The molecule has 0 aliphatic rings. The Balaban J connectivity index is 4.34. The van der Waals surface area contributed by atoms with Gasteiger partial charge in [0, 0.05) is 19.3 Å². The Morgan fingerprint density at radius 3 is 0.843 bits per heavy atom. The molecule has 0 aromatic rings. The first-order valence-electron chi connectivity index (χ1n) is 22.1. The van der Waals surface area contributed by atoms with Gasteiger partial charge in [-0.25, -0.2) is 0 Å². The minimum Gasteiger partial charge on any atom is -0.462 e. The number of rotatable bonds is 38. The fourth-order valence-electron chi connectivity index (χ4n) is 6.52. The first-order valence-corrected chi connectivity index (χ1v) is 22.1. The van der Waals surface area contributed by atoms with Crippen LogP contribution in [0.4, 0.5) is 0 Å². The van der Waals surface area contributed by atoms with Gasteiger partial charge in [-0.3, -0.25) is 14.4 Å². The highest BCUT2D eigenvalue weighted by atomic mass is 16.6. The molecule has 0 aliphatic heterocycles. The molecule has 0 fully saturated rings. The topological polar surface area (TPSA) is 78.9 Å². The number of unbranched alkanes of at least 4 members (excludes halogenated alkanes) is 21. The number of ether oxygens (including phenoxy) is 3. The van der Waals surface area contributed by atoms with Gasteiger partial charge in [-0.05, 0) is 37.0 Å². The van der Waals surface area contributed by atoms with Crippen molar-refractivity contribution >= 4 is 17.9 Å². The molecule has 0 saturated heterocycles. The average Bonchev–Trinajstić information content (AvgIpc) is 3.07. The summed E-state index contributed by atoms with van der Waals surface area (Å²) >= 11 is 0. The highest BCUT2D eigenvalue weighted by molar-refractivity contribution is 5.71. The van der Waals surface area contributed by atoms with Crippen molar-refractivity contribution in [1.82, 2.24) is 0 Å². The highest BCUT2D eigenvalue weighted by Gasteiger charge is 2.19. The van der Waals surface area contributed by atoms with E-state index in [9.17, 15) is 14.4 Å². The van der Waals surface area contributed by atoms with E-state index in [4.69, 9.17) is 14.2 Å². The highest BCUT2D eigenvalue weighted by Crippen LogP contribution is 2.16. The molecule has 0 aromatic heterocycles. The first kappa shape index (κ1) is 49.4. The molecule has 0 aliphatic carbocycles. The first-order chi connectivity index (χ1) is 24.6. The third-order valence-corrected chi connectivity index (χ3v) is 9.90. The summed E-state index contributed by atoms with van der Waals surface area (Å²) in [7, 11) is 0. The Labute approximate surface area is 317 Å². The van der Waals surface area contributed by atoms with Crippen LogP contribution in [-0.2, 0) is 28.6 Å². The minimum absolute atomic E-state index is 0.0673. The van der Waals surface area contributed by atoms with Gasteiger partial charge < -0.3 is 14.2 Å². The van der Waals surface area contributed by atoms with E-state index in [0.717, 1.165) is 75.5 Å². The predicted molar refractivity (Wildman–Crippen MR) is 215 cm³/mol. The lowest BCUT2D eigenvalue weighted by atomic mass is 10.0. The lowest BCUT2D eigenvalue weighted by Crippen LogP contribution is -2.30. The number of carbonyl (C=O) groups excluding carboxylic acids is 3. The van der Waals surface area contributed by atoms with E-state index < -0.39 is 6.10 Å². The molecule has 0 rings (SSSR count). The predicted octanol–water partition coefficient (Wildman–Crippen LogP) is 13.7. The molecular formula is C45H86O6. The Morgan fingerprint density at radius 1 is 0.333 bits per heavy atom. The maximum absolute atomic E-state index is 12.7. The second kappa shape index (κ2) is 36.8. The van der Waals surface area contributed by atoms with Crippen LogP contribution in [0.15, 0.2) is 0 Å². The fraction of sp³-hybridized carbons (Fsp3) is 0.933. The number of carbonyl (C=O) groups is 3. The van der Waals surface area contributed by atoms with E-state index in [1.165, 1.54) is 116 Å². The van der Waals surface area contributed by atoms with Crippen molar-refractivity contribution < 1.29 is 28.6 Å². The second-order valence-corrected chi connectivity index (χ2v) is 16.8. The number of esters is 3. The quantitative estimate of drug-likeness (QED) is 0.0359. The van der Waals surface area contributed by atoms with Crippen LogP contribution in [0.1, 0.15) is 234 Å². The van der Waals surface area contributed by atoms with E-state index in [1.54, 1.807) is 0 Å². The molecule has 0 saturated carbocycles. The second-order valence-electron chi connectivity index (χ2n) is 16.8. The minimum atomic E-state index is -0.762. The molecule has 0 N–H and O–H groups in total. The Hall–Kier alpha value is -1.59. The third kappa shape index (κ3) is 39.5. The molecule has 0 heterocycles. The molecular weight excluding hydrogens is 636 g/mol. The van der Waals surface area contributed by atoms with E-state index in [0.29, 0.717) is 19.3 Å². The maximum Gasteiger partial charge on any atom is 0.306 e. The summed E-state index contributed by atoms with van der Waals surface area (Å²) in [4.78, 5) is 37.6. The van der Waals surface area contributed by atoms with Crippen LogP contribution in [-0.4, -0.2) is 37.2 Å². The summed E-state index contributed by atoms with van der Waals surface area (Å²) in [5.41, 5.74) is 0. The van der Waals surface area contributed by atoms with Gasteiger partial charge >= 0.3 is 17.9 Å². The molecule has 0 amide bonds. The zero-order chi connectivity index (χ0) is 37.8. The third-order valence-electron chi connectivity index (χ3n) is 9.90. The molecule has 0 unspecified atom stereocenters. The van der Waals surface area contributed by atoms with Gasteiger partial charge in [0.05, 0.1) is 0 Å². The lowest BCUT2D eigenvalue weighted by molar-refractivity contribution is -0.167. The fourth-order valence-corrected chi connectivity index (χ4v) is 6.52. The van der Waals surface area contributed by atoms with Gasteiger partial charge in [0.25, 0.3) is 0 Å². The summed E-state index contributed by atoms with van der Waals surface area (Å²) in [5.74, 6) is 1.51. The molecule has 0 radical (unpaired) electrons. The average molecular weight is 723 g/mol. The van der Waals surface area contributed by atoms with Crippen LogP contribution in [0, 0.1) is 17.8 Å². The van der Waals surface area contributed by atoms with Crippen molar-refractivity contribution in [2.24, 2.45) is 17.8 Å². The maximum atomic E-state index is 12.7.